The van der Waals surface area contributed by atoms with Gasteiger partial charge in [0.15, 0.2) is 5.82 Å². The lowest BCUT2D eigenvalue weighted by atomic mass is 10.1. The minimum atomic E-state index is -0.158. The molecular formula is C22H23N5O. The summed E-state index contributed by atoms with van der Waals surface area (Å²) in [7, 11) is 0. The summed E-state index contributed by atoms with van der Waals surface area (Å²) < 4.78 is 0. The van der Waals surface area contributed by atoms with Crippen LogP contribution in [0.4, 0.5) is 5.82 Å². The van der Waals surface area contributed by atoms with E-state index in [0.29, 0.717) is 17.9 Å². The largest absolute Gasteiger partial charge is 0.356 e. The number of benzene rings is 1. The van der Waals surface area contributed by atoms with Crippen molar-refractivity contribution in [2.45, 2.75) is 26.3 Å². The van der Waals surface area contributed by atoms with Crippen molar-refractivity contribution < 1.29 is 4.79 Å². The maximum Gasteiger partial charge on any atom is 0.256 e. The van der Waals surface area contributed by atoms with Crippen LogP contribution >= 0.6 is 0 Å². The minimum absolute atomic E-state index is 0.158. The fourth-order valence-corrected chi connectivity index (χ4v) is 3.40. The molecule has 1 amide bonds. The summed E-state index contributed by atoms with van der Waals surface area (Å²) >= 11 is 0. The Morgan fingerprint density at radius 3 is 2.68 bits per heavy atom. The van der Waals surface area contributed by atoms with Crippen LogP contribution in [0, 0.1) is 6.92 Å². The highest BCUT2D eigenvalue weighted by Gasteiger charge is 2.22. The Bertz CT molecular complexity index is 968. The van der Waals surface area contributed by atoms with Crippen LogP contribution in [-0.2, 0) is 6.54 Å². The Kier molecular flexibility index (Phi) is 5.28. The lowest BCUT2D eigenvalue weighted by molar-refractivity contribution is 0.0950. The number of aryl methyl sites for hydroxylation is 1. The second-order valence-electron chi connectivity index (χ2n) is 7.03. The highest BCUT2D eigenvalue weighted by Crippen LogP contribution is 2.26. The van der Waals surface area contributed by atoms with Gasteiger partial charge in [-0.2, -0.15) is 0 Å². The molecule has 2 aromatic heterocycles. The molecule has 0 aliphatic carbocycles. The van der Waals surface area contributed by atoms with Crippen LogP contribution < -0.4 is 10.2 Å². The van der Waals surface area contributed by atoms with Gasteiger partial charge >= 0.3 is 0 Å². The zero-order valence-corrected chi connectivity index (χ0v) is 15.9. The van der Waals surface area contributed by atoms with E-state index in [1.165, 1.54) is 0 Å². The first-order valence-electron chi connectivity index (χ1n) is 9.57. The van der Waals surface area contributed by atoms with Crippen molar-refractivity contribution in [2.75, 3.05) is 18.0 Å². The molecule has 1 N–H and O–H groups in total. The van der Waals surface area contributed by atoms with Gasteiger partial charge in [0.1, 0.15) is 11.4 Å². The number of carbonyl (C=O) groups excluding carboxylic acids is 1. The van der Waals surface area contributed by atoms with Crippen LogP contribution in [0.3, 0.4) is 0 Å². The molecule has 1 aliphatic heterocycles. The van der Waals surface area contributed by atoms with Crippen molar-refractivity contribution in [3.63, 3.8) is 0 Å². The van der Waals surface area contributed by atoms with Gasteiger partial charge < -0.3 is 10.2 Å². The van der Waals surface area contributed by atoms with Crippen molar-refractivity contribution in [2.24, 2.45) is 0 Å². The van der Waals surface area contributed by atoms with Crippen LogP contribution in [0.25, 0.3) is 11.4 Å². The molecule has 4 rings (SSSR count). The quantitative estimate of drug-likeness (QED) is 0.742. The molecule has 6 heteroatoms. The first-order chi connectivity index (χ1) is 13.7. The monoisotopic (exact) mass is 373 g/mol. The molecule has 0 radical (unpaired) electrons. The van der Waals surface area contributed by atoms with Crippen molar-refractivity contribution in [3.8, 4) is 11.4 Å². The number of amides is 1. The maximum absolute atomic E-state index is 12.9. The molecule has 0 bridgehead atoms. The van der Waals surface area contributed by atoms with E-state index in [1.54, 1.807) is 18.6 Å². The highest BCUT2D eigenvalue weighted by molar-refractivity contribution is 5.99. The van der Waals surface area contributed by atoms with E-state index in [-0.39, 0.29) is 5.91 Å². The van der Waals surface area contributed by atoms with Crippen LogP contribution in [-0.4, -0.2) is 33.9 Å². The lowest BCUT2D eigenvalue weighted by Crippen LogP contribution is -2.28. The molecule has 6 nitrogen and oxygen atoms in total. The molecule has 0 atom stereocenters. The molecule has 0 spiro atoms. The lowest BCUT2D eigenvalue weighted by Gasteiger charge is -2.20. The number of aromatic nitrogens is 3. The fraction of sp³-hybridized carbons (Fsp3) is 0.273. The predicted octanol–water partition coefficient (Wildman–Crippen LogP) is 3.38. The number of anilines is 1. The second kappa shape index (κ2) is 8.17. The van der Waals surface area contributed by atoms with Crippen LogP contribution in [0.15, 0.2) is 55.0 Å². The van der Waals surface area contributed by atoms with E-state index in [2.05, 4.69) is 26.3 Å². The third kappa shape index (κ3) is 4.01. The van der Waals surface area contributed by atoms with Gasteiger partial charge in [-0.15, -0.1) is 0 Å². The smallest absolute Gasteiger partial charge is 0.256 e. The van der Waals surface area contributed by atoms with Crippen molar-refractivity contribution in [1.82, 2.24) is 20.3 Å². The first kappa shape index (κ1) is 18.1. The molecule has 142 valence electrons. The molecule has 1 aliphatic rings. The van der Waals surface area contributed by atoms with Crippen LogP contribution in [0.1, 0.15) is 34.3 Å². The molecule has 3 heterocycles. The third-order valence-electron chi connectivity index (χ3n) is 4.90. The number of rotatable bonds is 5. The molecule has 3 aromatic rings. The van der Waals surface area contributed by atoms with Gasteiger partial charge in [0.25, 0.3) is 5.91 Å². The summed E-state index contributed by atoms with van der Waals surface area (Å²) in [5.41, 5.74) is 3.64. The van der Waals surface area contributed by atoms with Gasteiger partial charge in [0, 0.05) is 43.8 Å². The number of pyridine rings is 1. The number of nitrogens with one attached hydrogen (secondary N) is 1. The molecule has 0 saturated carbocycles. The number of hydrogen-bond donors (Lipinski definition) is 1. The fourth-order valence-electron chi connectivity index (χ4n) is 3.40. The van der Waals surface area contributed by atoms with E-state index in [4.69, 9.17) is 4.98 Å². The zero-order valence-electron chi connectivity index (χ0n) is 15.9. The Labute approximate surface area is 164 Å². The standard InChI is InChI=1S/C22H23N5O/c1-16-5-4-6-18(13-16)20-24-15-19(21(26-20)27-11-2-3-12-27)22(28)25-14-17-7-9-23-10-8-17/h4-10,13,15H,2-3,11-12,14H2,1H3,(H,25,28). The first-order valence-corrected chi connectivity index (χ1v) is 9.57. The Balaban J connectivity index is 1.63. The van der Waals surface area contributed by atoms with Gasteiger partial charge in [-0.05, 0) is 43.5 Å². The van der Waals surface area contributed by atoms with E-state index in [1.807, 2.05) is 37.3 Å². The molecule has 1 saturated heterocycles. The Morgan fingerprint density at radius 1 is 1.14 bits per heavy atom. The van der Waals surface area contributed by atoms with E-state index in [0.717, 1.165) is 48.4 Å². The van der Waals surface area contributed by atoms with Crippen LogP contribution in [0.2, 0.25) is 0 Å². The van der Waals surface area contributed by atoms with Crippen molar-refractivity contribution in [1.29, 1.82) is 0 Å². The maximum atomic E-state index is 12.9. The molecule has 1 fully saturated rings. The minimum Gasteiger partial charge on any atom is -0.356 e. The molecule has 1 aromatic carbocycles. The summed E-state index contributed by atoms with van der Waals surface area (Å²) in [4.78, 5) is 28.3. The van der Waals surface area contributed by atoms with Crippen molar-refractivity contribution in [3.05, 3.63) is 71.7 Å². The summed E-state index contributed by atoms with van der Waals surface area (Å²) in [6.45, 7) is 4.32. The summed E-state index contributed by atoms with van der Waals surface area (Å²) in [6.07, 6.45) is 7.32. The number of hydrogen-bond acceptors (Lipinski definition) is 5. The summed E-state index contributed by atoms with van der Waals surface area (Å²) in [5, 5.41) is 2.97. The van der Waals surface area contributed by atoms with E-state index < -0.39 is 0 Å². The van der Waals surface area contributed by atoms with E-state index in [9.17, 15) is 4.79 Å². The van der Waals surface area contributed by atoms with Crippen molar-refractivity contribution >= 4 is 11.7 Å². The average Bonchev–Trinajstić information content (AvgIpc) is 3.27. The highest BCUT2D eigenvalue weighted by atomic mass is 16.1. The average molecular weight is 373 g/mol. The second-order valence-corrected chi connectivity index (χ2v) is 7.03. The molecular weight excluding hydrogens is 350 g/mol. The molecule has 28 heavy (non-hydrogen) atoms. The normalized spacial score (nSPS) is 13.5. The Morgan fingerprint density at radius 2 is 1.93 bits per heavy atom. The van der Waals surface area contributed by atoms with Gasteiger partial charge in [0.2, 0.25) is 0 Å². The summed E-state index contributed by atoms with van der Waals surface area (Å²) in [5.74, 6) is 1.21. The van der Waals surface area contributed by atoms with Gasteiger partial charge in [0.05, 0.1) is 0 Å². The predicted molar refractivity (Wildman–Crippen MR) is 109 cm³/mol. The van der Waals surface area contributed by atoms with Gasteiger partial charge in [-0.25, -0.2) is 9.97 Å². The number of carbonyl (C=O) groups is 1. The van der Waals surface area contributed by atoms with Gasteiger partial charge in [-0.1, -0.05) is 23.8 Å². The summed E-state index contributed by atoms with van der Waals surface area (Å²) in [6, 6.07) is 11.9. The zero-order chi connectivity index (χ0) is 19.3. The Hall–Kier alpha value is -3.28. The third-order valence-corrected chi connectivity index (χ3v) is 4.90. The van der Waals surface area contributed by atoms with Crippen LogP contribution in [0.5, 0.6) is 0 Å². The topological polar surface area (TPSA) is 71.0 Å². The van der Waals surface area contributed by atoms with E-state index >= 15 is 0 Å². The van der Waals surface area contributed by atoms with Gasteiger partial charge in [-0.3, -0.25) is 9.78 Å². The molecule has 0 unspecified atom stereocenters. The SMILES string of the molecule is Cc1cccc(-c2ncc(C(=O)NCc3ccncc3)c(N3CCCC3)n2)c1. The number of nitrogens with zero attached hydrogens (tertiary/aromatic N) is 4.